The zero-order chi connectivity index (χ0) is 13.0. The normalized spacial score (nSPS) is 10.4. The molecule has 0 saturated carbocycles. The molecule has 5 heteroatoms. The number of aromatic nitrogens is 2. The molecule has 1 aromatic carbocycles. The van der Waals surface area contributed by atoms with Gasteiger partial charge in [-0.05, 0) is 29.8 Å². The van der Waals surface area contributed by atoms with Crippen LogP contribution in [-0.4, -0.2) is 22.4 Å². The van der Waals surface area contributed by atoms with Gasteiger partial charge < -0.3 is 10.0 Å². The Morgan fingerprint density at radius 1 is 1.22 bits per heavy atom. The maximum Gasteiger partial charge on any atom is 0.151 e. The second-order valence-corrected chi connectivity index (χ2v) is 4.94. The number of benzene rings is 1. The molecule has 1 aromatic heterocycles. The minimum absolute atomic E-state index is 0.0807. The van der Waals surface area contributed by atoms with Crippen molar-refractivity contribution in [1.82, 2.24) is 10.2 Å². The largest absolute Gasteiger partial charge is 0.390 e. The van der Waals surface area contributed by atoms with Gasteiger partial charge in [-0.3, -0.25) is 0 Å². The van der Waals surface area contributed by atoms with E-state index in [2.05, 4.69) is 38.3 Å². The Bertz CT molecular complexity index is 516. The van der Waals surface area contributed by atoms with Crippen LogP contribution in [0.2, 0.25) is 0 Å². The van der Waals surface area contributed by atoms with E-state index in [0.717, 1.165) is 16.8 Å². The zero-order valence-corrected chi connectivity index (χ0v) is 11.6. The van der Waals surface area contributed by atoms with Crippen molar-refractivity contribution in [3.05, 3.63) is 52.1 Å². The van der Waals surface area contributed by atoms with Gasteiger partial charge >= 0.3 is 0 Å². The maximum atomic E-state index is 8.91. The van der Waals surface area contributed by atoms with Crippen molar-refractivity contribution in [2.24, 2.45) is 0 Å². The van der Waals surface area contributed by atoms with Crippen LogP contribution < -0.4 is 4.90 Å². The Morgan fingerprint density at radius 2 is 2.06 bits per heavy atom. The minimum atomic E-state index is -0.0807. The molecule has 0 aliphatic heterocycles. The van der Waals surface area contributed by atoms with Crippen LogP contribution >= 0.6 is 15.9 Å². The van der Waals surface area contributed by atoms with Crippen molar-refractivity contribution in [3.63, 3.8) is 0 Å². The molecular formula is C13H14BrN3O. The van der Waals surface area contributed by atoms with Crippen LogP contribution in [0.4, 0.5) is 5.82 Å². The summed E-state index contributed by atoms with van der Waals surface area (Å²) in [4.78, 5) is 2.01. The van der Waals surface area contributed by atoms with E-state index in [0.29, 0.717) is 5.69 Å². The molecule has 0 saturated heterocycles. The van der Waals surface area contributed by atoms with Crippen molar-refractivity contribution < 1.29 is 5.11 Å². The lowest BCUT2D eigenvalue weighted by Gasteiger charge is -2.17. The van der Waals surface area contributed by atoms with E-state index in [9.17, 15) is 0 Å². The highest BCUT2D eigenvalue weighted by atomic mass is 79.9. The molecule has 0 unspecified atom stereocenters. The summed E-state index contributed by atoms with van der Waals surface area (Å²) >= 11 is 3.45. The second kappa shape index (κ2) is 5.93. The third-order valence-corrected chi connectivity index (χ3v) is 3.06. The van der Waals surface area contributed by atoms with E-state index >= 15 is 0 Å². The fraction of sp³-hybridized carbons (Fsp3) is 0.231. The molecule has 0 fully saturated rings. The minimum Gasteiger partial charge on any atom is -0.390 e. The Morgan fingerprint density at radius 3 is 2.67 bits per heavy atom. The molecule has 0 aliphatic rings. The van der Waals surface area contributed by atoms with Crippen molar-refractivity contribution >= 4 is 21.7 Å². The molecule has 4 nitrogen and oxygen atoms in total. The van der Waals surface area contributed by atoms with Crippen LogP contribution in [0.3, 0.4) is 0 Å². The fourth-order valence-corrected chi connectivity index (χ4v) is 2.08. The van der Waals surface area contributed by atoms with E-state index < -0.39 is 0 Å². The molecule has 0 radical (unpaired) electrons. The first-order valence-electron chi connectivity index (χ1n) is 5.58. The average Bonchev–Trinajstić information content (AvgIpc) is 2.39. The smallest absolute Gasteiger partial charge is 0.151 e. The van der Waals surface area contributed by atoms with E-state index in [-0.39, 0.29) is 6.61 Å². The van der Waals surface area contributed by atoms with Crippen LogP contribution in [0.25, 0.3) is 0 Å². The fourth-order valence-electron chi connectivity index (χ4n) is 1.63. The van der Waals surface area contributed by atoms with Gasteiger partial charge in [-0.2, -0.15) is 5.10 Å². The number of aliphatic hydroxyl groups is 1. The van der Waals surface area contributed by atoms with Crippen LogP contribution in [0.15, 0.2) is 40.9 Å². The van der Waals surface area contributed by atoms with Crippen molar-refractivity contribution in [1.29, 1.82) is 0 Å². The maximum absolute atomic E-state index is 8.91. The quantitative estimate of drug-likeness (QED) is 0.942. The van der Waals surface area contributed by atoms with Gasteiger partial charge in [0.25, 0.3) is 0 Å². The highest BCUT2D eigenvalue weighted by Crippen LogP contribution is 2.15. The van der Waals surface area contributed by atoms with Crippen LogP contribution in [0.1, 0.15) is 11.3 Å². The predicted molar refractivity (Wildman–Crippen MR) is 74.2 cm³/mol. The molecule has 0 amide bonds. The van der Waals surface area contributed by atoms with Crippen molar-refractivity contribution in [3.8, 4) is 0 Å². The number of hydrogen-bond donors (Lipinski definition) is 1. The molecule has 0 atom stereocenters. The molecule has 1 heterocycles. The predicted octanol–water partition coefficient (Wildman–Crippen LogP) is 2.37. The third-order valence-electron chi connectivity index (χ3n) is 2.57. The number of hydrogen-bond acceptors (Lipinski definition) is 4. The summed E-state index contributed by atoms with van der Waals surface area (Å²) in [6.45, 7) is 0.676. The number of nitrogens with zero attached hydrogens (tertiary/aromatic N) is 3. The van der Waals surface area contributed by atoms with Gasteiger partial charge in [-0.15, -0.1) is 5.10 Å². The number of anilines is 1. The van der Waals surface area contributed by atoms with Gasteiger partial charge in [0.15, 0.2) is 5.82 Å². The Balaban J connectivity index is 2.09. The lowest BCUT2D eigenvalue weighted by molar-refractivity contribution is 0.275. The van der Waals surface area contributed by atoms with Gasteiger partial charge in [0, 0.05) is 18.1 Å². The van der Waals surface area contributed by atoms with E-state index in [1.54, 1.807) is 6.07 Å². The molecular weight excluding hydrogens is 294 g/mol. The summed E-state index contributed by atoms with van der Waals surface area (Å²) in [6, 6.07) is 11.8. The topological polar surface area (TPSA) is 49.2 Å². The van der Waals surface area contributed by atoms with E-state index in [1.165, 1.54) is 5.56 Å². The Hall–Kier alpha value is -1.46. The third kappa shape index (κ3) is 3.27. The first kappa shape index (κ1) is 13.0. The molecule has 2 rings (SSSR count). The summed E-state index contributed by atoms with van der Waals surface area (Å²) in [5, 5.41) is 16.9. The first-order valence-corrected chi connectivity index (χ1v) is 6.37. The molecule has 2 aromatic rings. The van der Waals surface area contributed by atoms with E-state index in [1.807, 2.05) is 30.1 Å². The van der Waals surface area contributed by atoms with Crippen molar-refractivity contribution in [2.75, 3.05) is 11.9 Å². The number of rotatable bonds is 4. The summed E-state index contributed by atoms with van der Waals surface area (Å²) in [5.74, 6) is 0.784. The second-order valence-electron chi connectivity index (χ2n) is 4.03. The number of halogens is 1. The van der Waals surface area contributed by atoms with Gasteiger partial charge in [0.05, 0.1) is 12.3 Å². The summed E-state index contributed by atoms with van der Waals surface area (Å²) in [5.41, 5.74) is 1.77. The zero-order valence-electron chi connectivity index (χ0n) is 10.0. The standard InChI is InChI=1S/C13H14BrN3O/c1-17(8-10-3-2-4-11(14)7-10)13-6-5-12(9-18)15-16-13/h2-7,18H,8-9H2,1H3. The monoisotopic (exact) mass is 307 g/mol. The first-order chi connectivity index (χ1) is 8.69. The molecule has 1 N–H and O–H groups in total. The lowest BCUT2D eigenvalue weighted by Crippen LogP contribution is -2.18. The highest BCUT2D eigenvalue weighted by Gasteiger charge is 2.04. The van der Waals surface area contributed by atoms with Gasteiger partial charge in [0.2, 0.25) is 0 Å². The average molecular weight is 308 g/mol. The van der Waals surface area contributed by atoms with Gasteiger partial charge in [-0.1, -0.05) is 28.1 Å². The highest BCUT2D eigenvalue weighted by molar-refractivity contribution is 9.10. The summed E-state index contributed by atoms with van der Waals surface area (Å²) in [6.07, 6.45) is 0. The summed E-state index contributed by atoms with van der Waals surface area (Å²) in [7, 11) is 1.96. The van der Waals surface area contributed by atoms with Crippen LogP contribution in [0.5, 0.6) is 0 Å². The molecule has 0 spiro atoms. The van der Waals surface area contributed by atoms with Gasteiger partial charge in [0.1, 0.15) is 0 Å². The Labute approximate surface area is 114 Å². The Kier molecular flexibility index (Phi) is 4.28. The summed E-state index contributed by atoms with van der Waals surface area (Å²) < 4.78 is 1.06. The molecule has 0 bridgehead atoms. The number of aliphatic hydroxyl groups excluding tert-OH is 1. The van der Waals surface area contributed by atoms with Crippen molar-refractivity contribution in [2.45, 2.75) is 13.2 Å². The SMILES string of the molecule is CN(Cc1cccc(Br)c1)c1ccc(CO)nn1. The molecule has 94 valence electrons. The van der Waals surface area contributed by atoms with Gasteiger partial charge in [-0.25, -0.2) is 0 Å². The molecule has 0 aliphatic carbocycles. The lowest BCUT2D eigenvalue weighted by atomic mass is 10.2. The van der Waals surface area contributed by atoms with E-state index in [4.69, 9.17) is 5.11 Å². The van der Waals surface area contributed by atoms with Crippen LogP contribution in [-0.2, 0) is 13.2 Å². The molecule has 18 heavy (non-hydrogen) atoms. The van der Waals surface area contributed by atoms with Crippen LogP contribution in [0, 0.1) is 0 Å².